The molecule has 0 aromatic heterocycles. The van der Waals surface area contributed by atoms with Gasteiger partial charge in [-0.1, -0.05) is 42.6 Å². The van der Waals surface area contributed by atoms with Crippen LogP contribution in [0.5, 0.6) is 0 Å². The summed E-state index contributed by atoms with van der Waals surface area (Å²) >= 11 is 6.10. The Morgan fingerprint density at radius 3 is 2.68 bits per heavy atom. The van der Waals surface area contributed by atoms with E-state index in [1.165, 1.54) is 25.7 Å². The van der Waals surface area contributed by atoms with E-state index in [1.807, 2.05) is 24.3 Å². The van der Waals surface area contributed by atoms with E-state index in [0.717, 1.165) is 31.0 Å². The van der Waals surface area contributed by atoms with Crippen molar-refractivity contribution in [3.8, 4) is 0 Å². The van der Waals surface area contributed by atoms with Crippen LogP contribution in [-0.4, -0.2) is 30.1 Å². The second-order valence-electron chi connectivity index (χ2n) is 5.74. The monoisotopic (exact) mass is 281 g/mol. The molecule has 1 aliphatic rings. The SMILES string of the molecule is CN(CCC(O)c1ccccc1Cl)CC1CCCC1. The summed E-state index contributed by atoms with van der Waals surface area (Å²) in [5.74, 6) is 0.863. The van der Waals surface area contributed by atoms with Gasteiger partial charge in [-0.3, -0.25) is 0 Å². The number of nitrogens with zero attached hydrogens (tertiary/aromatic N) is 1. The van der Waals surface area contributed by atoms with Crippen LogP contribution in [0.3, 0.4) is 0 Å². The molecule has 0 bridgehead atoms. The predicted molar refractivity (Wildman–Crippen MR) is 80.5 cm³/mol. The van der Waals surface area contributed by atoms with Gasteiger partial charge in [-0.2, -0.15) is 0 Å². The lowest BCUT2D eigenvalue weighted by Gasteiger charge is -2.22. The third kappa shape index (κ3) is 4.48. The normalized spacial score (nSPS) is 18.1. The zero-order valence-corrected chi connectivity index (χ0v) is 12.4. The topological polar surface area (TPSA) is 23.5 Å². The van der Waals surface area contributed by atoms with Crippen LogP contribution in [0.4, 0.5) is 0 Å². The fourth-order valence-electron chi connectivity index (χ4n) is 2.97. The van der Waals surface area contributed by atoms with Crippen molar-refractivity contribution in [2.45, 2.75) is 38.2 Å². The highest BCUT2D eigenvalue weighted by atomic mass is 35.5. The molecule has 0 saturated heterocycles. The molecule has 1 saturated carbocycles. The van der Waals surface area contributed by atoms with E-state index in [0.29, 0.717) is 5.02 Å². The van der Waals surface area contributed by atoms with Crippen LogP contribution in [0.2, 0.25) is 5.02 Å². The number of aliphatic hydroxyl groups is 1. The van der Waals surface area contributed by atoms with Gasteiger partial charge in [-0.05, 0) is 43.9 Å². The van der Waals surface area contributed by atoms with Gasteiger partial charge in [0.25, 0.3) is 0 Å². The van der Waals surface area contributed by atoms with Crippen molar-refractivity contribution in [2.24, 2.45) is 5.92 Å². The van der Waals surface area contributed by atoms with Gasteiger partial charge >= 0.3 is 0 Å². The fourth-order valence-corrected chi connectivity index (χ4v) is 3.23. The van der Waals surface area contributed by atoms with Crippen molar-refractivity contribution in [3.05, 3.63) is 34.9 Å². The molecule has 1 unspecified atom stereocenters. The zero-order valence-electron chi connectivity index (χ0n) is 11.7. The minimum Gasteiger partial charge on any atom is -0.388 e. The lowest BCUT2D eigenvalue weighted by molar-refractivity contribution is 0.144. The number of benzene rings is 1. The molecule has 1 fully saturated rings. The molecule has 0 amide bonds. The summed E-state index contributed by atoms with van der Waals surface area (Å²) in [6, 6.07) is 7.56. The second kappa shape index (κ2) is 7.28. The van der Waals surface area contributed by atoms with Crippen LogP contribution >= 0.6 is 11.6 Å². The third-order valence-corrected chi connectivity index (χ3v) is 4.44. The molecule has 1 N–H and O–H groups in total. The average molecular weight is 282 g/mol. The van der Waals surface area contributed by atoms with Crippen molar-refractivity contribution in [1.82, 2.24) is 4.90 Å². The van der Waals surface area contributed by atoms with Gasteiger partial charge in [-0.15, -0.1) is 0 Å². The maximum absolute atomic E-state index is 10.2. The number of halogens is 1. The Balaban J connectivity index is 1.76. The molecular formula is C16H24ClNO. The second-order valence-corrected chi connectivity index (χ2v) is 6.15. The van der Waals surface area contributed by atoms with Crippen molar-refractivity contribution >= 4 is 11.6 Å². The first-order valence-electron chi connectivity index (χ1n) is 7.28. The van der Waals surface area contributed by atoms with Gasteiger partial charge in [0.1, 0.15) is 0 Å². The number of hydrogen-bond donors (Lipinski definition) is 1. The number of hydrogen-bond acceptors (Lipinski definition) is 2. The van der Waals surface area contributed by atoms with Gasteiger partial charge < -0.3 is 10.0 Å². The van der Waals surface area contributed by atoms with Crippen LogP contribution in [-0.2, 0) is 0 Å². The molecule has 3 heteroatoms. The maximum Gasteiger partial charge on any atom is 0.0816 e. The van der Waals surface area contributed by atoms with Crippen LogP contribution in [0, 0.1) is 5.92 Å². The summed E-state index contributed by atoms with van der Waals surface area (Å²) in [6.45, 7) is 2.08. The molecule has 2 nitrogen and oxygen atoms in total. The van der Waals surface area contributed by atoms with Crippen LogP contribution in [0.1, 0.15) is 43.8 Å². The Morgan fingerprint density at radius 2 is 2.00 bits per heavy atom. The highest BCUT2D eigenvalue weighted by molar-refractivity contribution is 6.31. The molecule has 19 heavy (non-hydrogen) atoms. The average Bonchev–Trinajstić information content (AvgIpc) is 2.89. The summed E-state index contributed by atoms with van der Waals surface area (Å²) in [4.78, 5) is 2.34. The first kappa shape index (κ1) is 14.8. The first-order valence-corrected chi connectivity index (χ1v) is 7.65. The van der Waals surface area contributed by atoms with E-state index in [-0.39, 0.29) is 0 Å². The molecule has 0 spiro atoms. The summed E-state index contributed by atoms with van der Waals surface area (Å²) in [7, 11) is 2.15. The van der Waals surface area contributed by atoms with Crippen LogP contribution in [0.25, 0.3) is 0 Å². The minimum absolute atomic E-state index is 0.459. The Hall–Kier alpha value is -0.570. The molecule has 1 aromatic rings. The largest absolute Gasteiger partial charge is 0.388 e. The standard InChI is InChI=1S/C16H24ClNO/c1-18(12-13-6-2-3-7-13)11-10-16(19)14-8-4-5-9-15(14)17/h4-5,8-9,13,16,19H,2-3,6-7,10-12H2,1H3. The van der Waals surface area contributed by atoms with E-state index in [4.69, 9.17) is 11.6 Å². The quantitative estimate of drug-likeness (QED) is 0.855. The van der Waals surface area contributed by atoms with E-state index < -0.39 is 6.10 Å². The summed E-state index contributed by atoms with van der Waals surface area (Å²) in [5, 5.41) is 10.9. The summed E-state index contributed by atoms with van der Waals surface area (Å²) in [6.07, 6.45) is 5.81. The predicted octanol–water partition coefficient (Wildman–Crippen LogP) is 3.89. The number of rotatable bonds is 6. The van der Waals surface area contributed by atoms with E-state index >= 15 is 0 Å². The highest BCUT2D eigenvalue weighted by Crippen LogP contribution is 2.27. The summed E-state index contributed by atoms with van der Waals surface area (Å²) in [5.41, 5.74) is 0.846. The van der Waals surface area contributed by atoms with E-state index in [2.05, 4.69) is 11.9 Å². The van der Waals surface area contributed by atoms with Gasteiger partial charge in [0, 0.05) is 18.1 Å². The van der Waals surface area contributed by atoms with Crippen LogP contribution in [0.15, 0.2) is 24.3 Å². The van der Waals surface area contributed by atoms with E-state index in [9.17, 15) is 5.11 Å². The highest BCUT2D eigenvalue weighted by Gasteiger charge is 2.17. The molecule has 2 rings (SSSR count). The van der Waals surface area contributed by atoms with Gasteiger partial charge in [0.05, 0.1) is 6.10 Å². The molecule has 0 radical (unpaired) electrons. The van der Waals surface area contributed by atoms with Crippen molar-refractivity contribution < 1.29 is 5.11 Å². The minimum atomic E-state index is -0.459. The van der Waals surface area contributed by atoms with Gasteiger partial charge in [0.2, 0.25) is 0 Å². The van der Waals surface area contributed by atoms with Crippen molar-refractivity contribution in [1.29, 1.82) is 0 Å². The lowest BCUT2D eigenvalue weighted by Crippen LogP contribution is -2.26. The van der Waals surface area contributed by atoms with Crippen molar-refractivity contribution in [3.63, 3.8) is 0 Å². The van der Waals surface area contributed by atoms with Gasteiger partial charge in [-0.25, -0.2) is 0 Å². The fraction of sp³-hybridized carbons (Fsp3) is 0.625. The zero-order chi connectivity index (χ0) is 13.7. The molecule has 1 aliphatic carbocycles. The maximum atomic E-state index is 10.2. The Kier molecular flexibility index (Phi) is 5.68. The van der Waals surface area contributed by atoms with Crippen LogP contribution < -0.4 is 0 Å². The number of aliphatic hydroxyl groups excluding tert-OH is 1. The molecule has 0 heterocycles. The smallest absolute Gasteiger partial charge is 0.0816 e. The molecule has 106 valence electrons. The van der Waals surface area contributed by atoms with E-state index in [1.54, 1.807) is 0 Å². The Labute approximate surface area is 121 Å². The van der Waals surface area contributed by atoms with Gasteiger partial charge in [0.15, 0.2) is 0 Å². The molecule has 1 aromatic carbocycles. The molecular weight excluding hydrogens is 258 g/mol. The van der Waals surface area contributed by atoms with Crippen molar-refractivity contribution in [2.75, 3.05) is 20.1 Å². The lowest BCUT2D eigenvalue weighted by atomic mass is 10.1. The first-order chi connectivity index (χ1) is 9.16. The third-order valence-electron chi connectivity index (χ3n) is 4.09. The Morgan fingerprint density at radius 1 is 1.32 bits per heavy atom. The summed E-state index contributed by atoms with van der Waals surface area (Å²) < 4.78 is 0. The Bertz CT molecular complexity index is 390. The molecule has 1 atom stereocenters. The molecule has 0 aliphatic heterocycles.